The van der Waals surface area contributed by atoms with Crippen LogP contribution in [0.15, 0.2) is 42.5 Å². The number of hydrogen-bond donors (Lipinski definition) is 1. The van der Waals surface area contributed by atoms with Crippen molar-refractivity contribution < 1.29 is 19.0 Å². The van der Waals surface area contributed by atoms with Crippen LogP contribution in [0.5, 0.6) is 17.2 Å². The van der Waals surface area contributed by atoms with E-state index >= 15 is 0 Å². The van der Waals surface area contributed by atoms with E-state index in [0.717, 1.165) is 18.0 Å². The van der Waals surface area contributed by atoms with Crippen molar-refractivity contribution in [2.24, 2.45) is 0 Å². The van der Waals surface area contributed by atoms with E-state index in [1.165, 1.54) is 32.4 Å². The van der Waals surface area contributed by atoms with Crippen LogP contribution >= 0.6 is 0 Å². The van der Waals surface area contributed by atoms with Gasteiger partial charge in [0, 0.05) is 17.8 Å². The minimum Gasteiger partial charge on any atom is -0.492 e. The van der Waals surface area contributed by atoms with Crippen LogP contribution < -0.4 is 19.5 Å². The fraction of sp³-hybridized carbons (Fsp3) is 0.381. The molecule has 4 rings (SSSR count). The van der Waals surface area contributed by atoms with Gasteiger partial charge in [-0.3, -0.25) is 9.69 Å². The minimum absolute atomic E-state index is 0.188. The molecule has 1 fully saturated rings. The van der Waals surface area contributed by atoms with E-state index in [1.54, 1.807) is 18.2 Å². The van der Waals surface area contributed by atoms with Gasteiger partial charge in [0.25, 0.3) is 5.91 Å². The van der Waals surface area contributed by atoms with Crippen LogP contribution in [-0.4, -0.2) is 43.8 Å². The molecule has 1 saturated heterocycles. The van der Waals surface area contributed by atoms with Gasteiger partial charge in [-0.05, 0) is 68.4 Å². The number of piperidine rings is 1. The molecule has 142 valence electrons. The summed E-state index contributed by atoms with van der Waals surface area (Å²) in [4.78, 5) is 14.8. The average Bonchev–Trinajstić information content (AvgIpc) is 3.18. The molecule has 0 atom stereocenters. The van der Waals surface area contributed by atoms with Gasteiger partial charge in [0.15, 0.2) is 11.5 Å². The highest BCUT2D eigenvalue weighted by molar-refractivity contribution is 6.04. The Bertz CT molecular complexity index is 785. The highest BCUT2D eigenvalue weighted by Gasteiger charge is 2.16. The standard InChI is InChI=1S/C21H24N2O4/c24-21(16-4-9-19-20(14-16)27-15-26-19)22-17-5-7-18(8-6-17)25-13-12-23-10-2-1-3-11-23/h4-9,14H,1-3,10-13,15H2,(H,22,24). The van der Waals surface area contributed by atoms with Crippen molar-refractivity contribution in [1.82, 2.24) is 4.90 Å². The fourth-order valence-electron chi connectivity index (χ4n) is 3.35. The van der Waals surface area contributed by atoms with Crippen LogP contribution in [0.4, 0.5) is 5.69 Å². The average molecular weight is 368 g/mol. The number of hydrogen-bond acceptors (Lipinski definition) is 5. The minimum atomic E-state index is -0.188. The van der Waals surface area contributed by atoms with Gasteiger partial charge in [-0.25, -0.2) is 0 Å². The highest BCUT2D eigenvalue weighted by atomic mass is 16.7. The molecule has 2 heterocycles. The maximum atomic E-state index is 12.4. The first kappa shape index (κ1) is 17.7. The summed E-state index contributed by atoms with van der Waals surface area (Å²) in [7, 11) is 0. The number of amides is 1. The van der Waals surface area contributed by atoms with Gasteiger partial charge in [0.1, 0.15) is 12.4 Å². The Morgan fingerprint density at radius 1 is 1.00 bits per heavy atom. The Kier molecular flexibility index (Phi) is 5.44. The van der Waals surface area contributed by atoms with E-state index < -0.39 is 0 Å². The van der Waals surface area contributed by atoms with Gasteiger partial charge >= 0.3 is 0 Å². The number of nitrogens with one attached hydrogen (secondary N) is 1. The van der Waals surface area contributed by atoms with E-state index in [4.69, 9.17) is 14.2 Å². The molecule has 0 aromatic heterocycles. The van der Waals surface area contributed by atoms with E-state index in [-0.39, 0.29) is 12.7 Å². The zero-order valence-corrected chi connectivity index (χ0v) is 15.3. The summed E-state index contributed by atoms with van der Waals surface area (Å²) in [5.74, 6) is 1.89. The second-order valence-corrected chi connectivity index (χ2v) is 6.80. The maximum absolute atomic E-state index is 12.4. The summed E-state index contributed by atoms with van der Waals surface area (Å²) in [5.41, 5.74) is 1.25. The van der Waals surface area contributed by atoms with E-state index in [1.807, 2.05) is 24.3 Å². The normalized spacial score (nSPS) is 16.1. The Hall–Kier alpha value is -2.73. The predicted octanol–water partition coefficient (Wildman–Crippen LogP) is 3.53. The molecule has 1 amide bonds. The lowest BCUT2D eigenvalue weighted by atomic mass is 10.1. The largest absolute Gasteiger partial charge is 0.492 e. The third-order valence-corrected chi connectivity index (χ3v) is 4.87. The lowest BCUT2D eigenvalue weighted by molar-refractivity contribution is 0.102. The second kappa shape index (κ2) is 8.31. The molecule has 0 saturated carbocycles. The van der Waals surface area contributed by atoms with E-state index in [2.05, 4.69) is 10.2 Å². The monoisotopic (exact) mass is 368 g/mol. The van der Waals surface area contributed by atoms with E-state index in [0.29, 0.717) is 23.7 Å². The number of carbonyl (C=O) groups excluding carboxylic acids is 1. The van der Waals surface area contributed by atoms with Gasteiger partial charge in [0.2, 0.25) is 6.79 Å². The summed E-state index contributed by atoms with van der Waals surface area (Å²) in [6.45, 7) is 4.19. The Morgan fingerprint density at radius 2 is 1.78 bits per heavy atom. The number of ether oxygens (including phenoxy) is 3. The summed E-state index contributed by atoms with van der Waals surface area (Å²) in [5, 5.41) is 2.89. The summed E-state index contributed by atoms with van der Waals surface area (Å²) in [6, 6.07) is 12.6. The summed E-state index contributed by atoms with van der Waals surface area (Å²) in [6.07, 6.45) is 3.92. The number of fused-ring (bicyclic) bond motifs is 1. The third-order valence-electron chi connectivity index (χ3n) is 4.87. The van der Waals surface area contributed by atoms with Crippen LogP contribution in [0.2, 0.25) is 0 Å². The maximum Gasteiger partial charge on any atom is 0.255 e. The van der Waals surface area contributed by atoms with Gasteiger partial charge in [-0.1, -0.05) is 6.42 Å². The smallest absolute Gasteiger partial charge is 0.255 e. The first-order valence-corrected chi connectivity index (χ1v) is 9.44. The topological polar surface area (TPSA) is 60.0 Å². The Labute approximate surface area is 159 Å². The van der Waals surface area contributed by atoms with E-state index in [9.17, 15) is 4.79 Å². The van der Waals surface area contributed by atoms with Crippen molar-refractivity contribution in [3.05, 3.63) is 48.0 Å². The van der Waals surface area contributed by atoms with Crippen molar-refractivity contribution in [3.63, 3.8) is 0 Å². The van der Waals surface area contributed by atoms with Crippen LogP contribution in [0.1, 0.15) is 29.6 Å². The predicted molar refractivity (Wildman–Crippen MR) is 103 cm³/mol. The molecule has 0 unspecified atom stereocenters. The molecular formula is C21H24N2O4. The molecule has 2 aliphatic heterocycles. The molecule has 0 bridgehead atoms. The van der Waals surface area contributed by atoms with Crippen molar-refractivity contribution in [1.29, 1.82) is 0 Å². The molecule has 6 nitrogen and oxygen atoms in total. The van der Waals surface area contributed by atoms with Gasteiger partial charge in [-0.15, -0.1) is 0 Å². The zero-order valence-electron chi connectivity index (χ0n) is 15.3. The molecule has 0 spiro atoms. The van der Waals surface area contributed by atoms with Crippen LogP contribution in [-0.2, 0) is 0 Å². The van der Waals surface area contributed by atoms with Crippen molar-refractivity contribution in [2.45, 2.75) is 19.3 Å². The number of likely N-dealkylation sites (tertiary alicyclic amines) is 1. The third kappa shape index (κ3) is 4.52. The van der Waals surface area contributed by atoms with Crippen LogP contribution in [0, 0.1) is 0 Å². The van der Waals surface area contributed by atoms with Crippen molar-refractivity contribution >= 4 is 11.6 Å². The molecule has 27 heavy (non-hydrogen) atoms. The molecule has 2 aromatic rings. The highest BCUT2D eigenvalue weighted by Crippen LogP contribution is 2.32. The molecule has 2 aromatic carbocycles. The van der Waals surface area contributed by atoms with Gasteiger partial charge < -0.3 is 19.5 Å². The molecule has 2 aliphatic rings. The first-order valence-electron chi connectivity index (χ1n) is 9.44. The quantitative estimate of drug-likeness (QED) is 0.845. The first-order chi connectivity index (χ1) is 13.3. The molecule has 6 heteroatoms. The Morgan fingerprint density at radius 3 is 2.59 bits per heavy atom. The molecule has 0 radical (unpaired) electrons. The summed E-state index contributed by atoms with van der Waals surface area (Å²) >= 11 is 0. The van der Waals surface area contributed by atoms with Gasteiger partial charge in [-0.2, -0.15) is 0 Å². The second-order valence-electron chi connectivity index (χ2n) is 6.80. The van der Waals surface area contributed by atoms with Crippen LogP contribution in [0.25, 0.3) is 0 Å². The SMILES string of the molecule is O=C(Nc1ccc(OCCN2CCCCC2)cc1)c1ccc2c(c1)OCO2. The fourth-order valence-corrected chi connectivity index (χ4v) is 3.35. The lowest BCUT2D eigenvalue weighted by Crippen LogP contribution is -2.33. The lowest BCUT2D eigenvalue weighted by Gasteiger charge is -2.26. The van der Waals surface area contributed by atoms with Crippen molar-refractivity contribution in [2.75, 3.05) is 38.4 Å². The van der Waals surface area contributed by atoms with Crippen LogP contribution in [0.3, 0.4) is 0 Å². The number of benzene rings is 2. The number of rotatable bonds is 6. The van der Waals surface area contributed by atoms with Gasteiger partial charge in [0.05, 0.1) is 0 Å². The number of anilines is 1. The molecule has 0 aliphatic carbocycles. The molecule has 1 N–H and O–H groups in total. The Balaban J connectivity index is 1.27. The van der Waals surface area contributed by atoms with Crippen molar-refractivity contribution in [3.8, 4) is 17.2 Å². The number of nitrogens with zero attached hydrogens (tertiary/aromatic N) is 1. The number of carbonyl (C=O) groups is 1. The molecular weight excluding hydrogens is 344 g/mol. The summed E-state index contributed by atoms with van der Waals surface area (Å²) < 4.78 is 16.4. The zero-order chi connectivity index (χ0) is 18.5.